The highest BCUT2D eigenvalue weighted by Crippen LogP contribution is 2.29. The molecule has 0 bridgehead atoms. The zero-order valence-electron chi connectivity index (χ0n) is 10.2. The number of nitrogens with one attached hydrogen (secondary N) is 1. The van der Waals surface area contributed by atoms with Crippen LogP contribution in [0.4, 0.5) is 0 Å². The van der Waals surface area contributed by atoms with Crippen LogP contribution in [0.3, 0.4) is 0 Å². The minimum absolute atomic E-state index is 0.751. The molecule has 3 unspecified atom stereocenters. The predicted molar refractivity (Wildman–Crippen MR) is 69.5 cm³/mol. The van der Waals surface area contributed by atoms with Gasteiger partial charge in [0.05, 0.1) is 0 Å². The molecule has 1 saturated carbocycles. The first-order valence-corrected chi connectivity index (χ1v) is 7.68. The van der Waals surface area contributed by atoms with Crippen LogP contribution < -0.4 is 5.32 Å². The summed E-state index contributed by atoms with van der Waals surface area (Å²) in [7, 11) is 0. The molecule has 0 spiro atoms. The molecule has 2 aliphatic rings. The fourth-order valence-electron chi connectivity index (χ4n) is 3.08. The first kappa shape index (κ1) is 11.8. The van der Waals surface area contributed by atoms with E-state index in [1.807, 2.05) is 0 Å². The van der Waals surface area contributed by atoms with E-state index in [-0.39, 0.29) is 0 Å². The van der Waals surface area contributed by atoms with Crippen molar-refractivity contribution < 1.29 is 0 Å². The molecule has 0 aromatic rings. The SMILES string of the molecule is CC1CC(NC(C)C2CCCCC2)CS1. The van der Waals surface area contributed by atoms with Crippen molar-refractivity contribution in [2.45, 2.75) is 69.7 Å². The van der Waals surface area contributed by atoms with E-state index in [0.29, 0.717) is 0 Å². The van der Waals surface area contributed by atoms with Gasteiger partial charge in [0.25, 0.3) is 0 Å². The predicted octanol–water partition coefficient (Wildman–Crippen LogP) is 3.44. The molecule has 1 heterocycles. The maximum absolute atomic E-state index is 3.86. The summed E-state index contributed by atoms with van der Waals surface area (Å²) in [6.07, 6.45) is 8.70. The van der Waals surface area contributed by atoms with E-state index in [4.69, 9.17) is 0 Å². The molecule has 2 rings (SSSR count). The van der Waals surface area contributed by atoms with Gasteiger partial charge in [-0.15, -0.1) is 0 Å². The zero-order chi connectivity index (χ0) is 10.7. The van der Waals surface area contributed by atoms with Crippen LogP contribution in [0.1, 0.15) is 52.4 Å². The lowest BCUT2D eigenvalue weighted by Crippen LogP contribution is -2.41. The Morgan fingerprint density at radius 2 is 1.93 bits per heavy atom. The molecule has 3 atom stereocenters. The Morgan fingerprint density at radius 1 is 1.20 bits per heavy atom. The van der Waals surface area contributed by atoms with Crippen LogP contribution in [-0.4, -0.2) is 23.1 Å². The largest absolute Gasteiger partial charge is 0.310 e. The molecule has 15 heavy (non-hydrogen) atoms. The van der Waals surface area contributed by atoms with Crippen molar-refractivity contribution in [2.24, 2.45) is 5.92 Å². The Balaban J connectivity index is 1.73. The highest BCUT2D eigenvalue weighted by molar-refractivity contribution is 8.00. The Hall–Kier alpha value is 0.310. The maximum Gasteiger partial charge on any atom is 0.0171 e. The van der Waals surface area contributed by atoms with Crippen molar-refractivity contribution in [1.82, 2.24) is 5.32 Å². The first-order chi connectivity index (χ1) is 7.25. The van der Waals surface area contributed by atoms with Crippen molar-refractivity contribution in [1.29, 1.82) is 0 Å². The number of thioether (sulfide) groups is 1. The molecular formula is C13H25NS. The van der Waals surface area contributed by atoms with Crippen molar-refractivity contribution in [3.8, 4) is 0 Å². The molecule has 0 aromatic carbocycles. The van der Waals surface area contributed by atoms with Crippen LogP contribution >= 0.6 is 11.8 Å². The lowest BCUT2D eigenvalue weighted by molar-refractivity contribution is 0.267. The van der Waals surface area contributed by atoms with Crippen molar-refractivity contribution in [3.05, 3.63) is 0 Å². The fourth-order valence-corrected chi connectivity index (χ4v) is 4.24. The third kappa shape index (κ3) is 3.39. The van der Waals surface area contributed by atoms with Crippen molar-refractivity contribution in [3.63, 3.8) is 0 Å². The Bertz CT molecular complexity index is 189. The van der Waals surface area contributed by atoms with E-state index >= 15 is 0 Å². The summed E-state index contributed by atoms with van der Waals surface area (Å²) in [5.74, 6) is 2.29. The van der Waals surface area contributed by atoms with E-state index in [9.17, 15) is 0 Å². The van der Waals surface area contributed by atoms with Gasteiger partial charge < -0.3 is 5.32 Å². The summed E-state index contributed by atoms with van der Waals surface area (Å²) >= 11 is 2.13. The van der Waals surface area contributed by atoms with Crippen molar-refractivity contribution in [2.75, 3.05) is 5.75 Å². The van der Waals surface area contributed by atoms with Crippen LogP contribution in [0.5, 0.6) is 0 Å². The topological polar surface area (TPSA) is 12.0 Å². The van der Waals surface area contributed by atoms with Gasteiger partial charge in [-0.2, -0.15) is 11.8 Å². The minimum Gasteiger partial charge on any atom is -0.310 e. The summed E-state index contributed by atoms with van der Waals surface area (Å²) in [5.41, 5.74) is 0. The quantitative estimate of drug-likeness (QED) is 0.792. The van der Waals surface area contributed by atoms with Gasteiger partial charge in [0.1, 0.15) is 0 Å². The second-order valence-electron chi connectivity index (χ2n) is 5.43. The van der Waals surface area contributed by atoms with Crippen LogP contribution in [0.2, 0.25) is 0 Å². The molecular weight excluding hydrogens is 202 g/mol. The Labute approximate surface area is 98.8 Å². The van der Waals surface area contributed by atoms with E-state index in [0.717, 1.165) is 23.3 Å². The Morgan fingerprint density at radius 3 is 2.53 bits per heavy atom. The molecule has 2 heteroatoms. The van der Waals surface area contributed by atoms with Gasteiger partial charge in [0.2, 0.25) is 0 Å². The zero-order valence-corrected chi connectivity index (χ0v) is 11.0. The van der Waals surface area contributed by atoms with E-state index in [1.165, 1.54) is 44.3 Å². The second kappa shape index (κ2) is 5.58. The molecule has 0 radical (unpaired) electrons. The molecule has 1 aliphatic carbocycles. The summed E-state index contributed by atoms with van der Waals surface area (Å²) in [6, 6.07) is 1.54. The molecule has 88 valence electrons. The normalized spacial score (nSPS) is 35.6. The van der Waals surface area contributed by atoms with Gasteiger partial charge in [-0.25, -0.2) is 0 Å². The van der Waals surface area contributed by atoms with Gasteiger partial charge in [-0.05, 0) is 32.1 Å². The van der Waals surface area contributed by atoms with E-state index in [1.54, 1.807) is 0 Å². The van der Waals surface area contributed by atoms with E-state index in [2.05, 4.69) is 30.9 Å². The molecule has 1 N–H and O–H groups in total. The van der Waals surface area contributed by atoms with Crippen LogP contribution in [-0.2, 0) is 0 Å². The number of rotatable bonds is 3. The monoisotopic (exact) mass is 227 g/mol. The maximum atomic E-state index is 3.86. The molecule has 1 aliphatic heterocycles. The summed E-state index contributed by atoms with van der Waals surface area (Å²) in [5, 5.41) is 4.73. The first-order valence-electron chi connectivity index (χ1n) is 6.63. The highest BCUT2D eigenvalue weighted by atomic mass is 32.2. The number of hydrogen-bond acceptors (Lipinski definition) is 2. The van der Waals surface area contributed by atoms with Crippen LogP contribution in [0, 0.1) is 5.92 Å². The average molecular weight is 227 g/mol. The summed E-state index contributed by atoms with van der Waals surface area (Å²) < 4.78 is 0. The van der Waals surface area contributed by atoms with Gasteiger partial charge in [-0.1, -0.05) is 26.2 Å². The molecule has 1 saturated heterocycles. The van der Waals surface area contributed by atoms with Crippen LogP contribution in [0.15, 0.2) is 0 Å². The van der Waals surface area contributed by atoms with Crippen molar-refractivity contribution >= 4 is 11.8 Å². The molecule has 0 amide bonds. The second-order valence-corrected chi connectivity index (χ2v) is 6.90. The van der Waals surface area contributed by atoms with E-state index < -0.39 is 0 Å². The fraction of sp³-hybridized carbons (Fsp3) is 1.00. The standard InChI is InChI=1S/C13H25NS/c1-10-8-13(9-15-10)14-11(2)12-6-4-3-5-7-12/h10-14H,3-9H2,1-2H3. The molecule has 1 nitrogen and oxygen atoms in total. The van der Waals surface area contributed by atoms with Crippen LogP contribution in [0.25, 0.3) is 0 Å². The third-order valence-electron chi connectivity index (χ3n) is 4.05. The van der Waals surface area contributed by atoms with Gasteiger partial charge in [-0.3, -0.25) is 0 Å². The smallest absolute Gasteiger partial charge is 0.0171 e. The number of hydrogen-bond donors (Lipinski definition) is 1. The molecule has 0 aromatic heterocycles. The van der Waals surface area contributed by atoms with Gasteiger partial charge in [0.15, 0.2) is 0 Å². The minimum atomic E-state index is 0.751. The summed E-state index contributed by atoms with van der Waals surface area (Å²) in [6.45, 7) is 4.77. The lowest BCUT2D eigenvalue weighted by atomic mass is 9.84. The Kier molecular flexibility index (Phi) is 4.39. The highest BCUT2D eigenvalue weighted by Gasteiger charge is 2.26. The lowest BCUT2D eigenvalue weighted by Gasteiger charge is -2.30. The van der Waals surface area contributed by atoms with Gasteiger partial charge >= 0.3 is 0 Å². The summed E-state index contributed by atoms with van der Waals surface area (Å²) in [4.78, 5) is 0. The molecule has 2 fully saturated rings. The van der Waals surface area contributed by atoms with Gasteiger partial charge in [0, 0.05) is 23.1 Å². The third-order valence-corrected chi connectivity index (χ3v) is 5.41. The average Bonchev–Trinajstić information content (AvgIpc) is 2.65.